The first-order valence-corrected chi connectivity index (χ1v) is 6.35. The number of carbonyl (C=O) groups is 2. The van der Waals surface area contributed by atoms with Gasteiger partial charge in [-0.15, -0.1) is 0 Å². The fourth-order valence-corrected chi connectivity index (χ4v) is 2.13. The van der Waals surface area contributed by atoms with Crippen molar-refractivity contribution in [1.29, 1.82) is 0 Å². The van der Waals surface area contributed by atoms with Gasteiger partial charge in [0.1, 0.15) is 18.3 Å². The number of likely N-dealkylation sites (N-methyl/N-ethyl adjacent to an activating group) is 1. The van der Waals surface area contributed by atoms with Crippen LogP contribution in [0.1, 0.15) is 6.92 Å². The minimum atomic E-state index is -1.58. The van der Waals surface area contributed by atoms with Gasteiger partial charge in [0.15, 0.2) is 0 Å². The fraction of sp³-hybridized carbons (Fsp3) is 0.667. The third kappa shape index (κ3) is 4.14. The first-order chi connectivity index (χ1) is 9.81. The summed E-state index contributed by atoms with van der Waals surface area (Å²) in [6, 6.07) is -1.44. The van der Waals surface area contributed by atoms with Gasteiger partial charge in [0, 0.05) is 6.92 Å². The first kappa shape index (κ1) is 17.4. The highest BCUT2D eigenvalue weighted by Gasteiger charge is 2.42. The third-order valence-corrected chi connectivity index (χ3v) is 3.17. The lowest BCUT2D eigenvalue weighted by Crippen LogP contribution is -2.62. The van der Waals surface area contributed by atoms with Crippen LogP contribution < -0.4 is 10.6 Å². The molecule has 1 aliphatic heterocycles. The molecule has 120 valence electrons. The van der Waals surface area contributed by atoms with Crippen molar-refractivity contribution < 1.29 is 34.8 Å². The van der Waals surface area contributed by atoms with Crippen molar-refractivity contribution in [3.8, 4) is 0 Å². The first-order valence-electron chi connectivity index (χ1n) is 6.35. The summed E-state index contributed by atoms with van der Waals surface area (Å²) in [7, 11) is 1.55. The number of ether oxygens (including phenoxy) is 1. The molecule has 0 aliphatic carbocycles. The third-order valence-electron chi connectivity index (χ3n) is 3.17. The maximum Gasteiger partial charge on any atom is 0.370 e. The summed E-state index contributed by atoms with van der Waals surface area (Å²) in [5.41, 5.74) is 0. The summed E-state index contributed by atoms with van der Waals surface area (Å²) in [5, 5.41) is 42.8. The molecule has 21 heavy (non-hydrogen) atoms. The molecular formula is C12H20N2O7. The number of rotatable bonds is 6. The standard InChI is InChI=1S/C12H20N2O7/c1-5(16)14-9-6(13-2)3-8(12(19)20)21-11(9)10(18)7(17)4-15/h3,6-7,9-11,13,15,17-18H,4H2,1-2H3,(H,14,16)(H,19,20)/t6-,7-,9+,10-,11+/m0/s1. The highest BCUT2D eigenvalue weighted by atomic mass is 16.5. The number of hydrogen-bond donors (Lipinski definition) is 6. The van der Waals surface area contributed by atoms with Crippen molar-refractivity contribution in [1.82, 2.24) is 10.6 Å². The Bertz CT molecular complexity index is 426. The Hall–Kier alpha value is -1.68. The molecule has 0 saturated heterocycles. The van der Waals surface area contributed by atoms with Crippen molar-refractivity contribution in [2.24, 2.45) is 0 Å². The molecule has 9 nitrogen and oxygen atoms in total. The van der Waals surface area contributed by atoms with E-state index in [4.69, 9.17) is 14.9 Å². The highest BCUT2D eigenvalue weighted by Crippen LogP contribution is 2.22. The van der Waals surface area contributed by atoms with Crippen molar-refractivity contribution in [3.63, 3.8) is 0 Å². The summed E-state index contributed by atoms with van der Waals surface area (Å²) in [5.74, 6) is -2.16. The van der Waals surface area contributed by atoms with Crippen LogP contribution in [0.25, 0.3) is 0 Å². The number of carbonyl (C=O) groups excluding carboxylic acids is 1. The van der Waals surface area contributed by atoms with Gasteiger partial charge in [0.25, 0.3) is 0 Å². The number of carboxylic acid groups (broad SMARTS) is 1. The Morgan fingerprint density at radius 2 is 2.05 bits per heavy atom. The van der Waals surface area contributed by atoms with Crippen LogP contribution in [0.2, 0.25) is 0 Å². The van der Waals surface area contributed by atoms with E-state index in [1.165, 1.54) is 13.0 Å². The summed E-state index contributed by atoms with van der Waals surface area (Å²) >= 11 is 0. The Balaban J connectivity index is 3.12. The number of aliphatic hydroxyl groups is 3. The Morgan fingerprint density at radius 3 is 2.48 bits per heavy atom. The number of hydrogen-bond acceptors (Lipinski definition) is 7. The molecule has 0 unspecified atom stereocenters. The van der Waals surface area contributed by atoms with Crippen LogP contribution in [-0.2, 0) is 14.3 Å². The summed E-state index contributed by atoms with van der Waals surface area (Å²) in [4.78, 5) is 22.3. The van der Waals surface area contributed by atoms with Gasteiger partial charge in [-0.05, 0) is 13.1 Å². The van der Waals surface area contributed by atoms with E-state index in [1.807, 2.05) is 0 Å². The predicted molar refractivity (Wildman–Crippen MR) is 70.1 cm³/mol. The van der Waals surface area contributed by atoms with Gasteiger partial charge in [0.05, 0.1) is 18.7 Å². The van der Waals surface area contributed by atoms with Crippen molar-refractivity contribution >= 4 is 11.9 Å². The van der Waals surface area contributed by atoms with Crippen molar-refractivity contribution in [3.05, 3.63) is 11.8 Å². The van der Waals surface area contributed by atoms with Gasteiger partial charge in [-0.2, -0.15) is 0 Å². The monoisotopic (exact) mass is 304 g/mol. The highest BCUT2D eigenvalue weighted by molar-refractivity contribution is 5.84. The van der Waals surface area contributed by atoms with E-state index in [0.717, 1.165) is 0 Å². The molecule has 0 aromatic carbocycles. The molecule has 6 N–H and O–H groups in total. The number of aliphatic hydroxyl groups excluding tert-OH is 3. The average Bonchev–Trinajstić information content (AvgIpc) is 2.44. The number of nitrogens with one attached hydrogen (secondary N) is 2. The van der Waals surface area contributed by atoms with Gasteiger partial charge in [0.2, 0.25) is 11.7 Å². The maximum atomic E-state index is 11.3. The molecule has 0 aromatic rings. The van der Waals surface area contributed by atoms with Gasteiger partial charge in [-0.25, -0.2) is 4.79 Å². The molecule has 9 heteroatoms. The largest absolute Gasteiger partial charge is 0.478 e. The molecular weight excluding hydrogens is 284 g/mol. The van der Waals surface area contributed by atoms with Gasteiger partial charge in [-0.3, -0.25) is 4.79 Å². The quantitative estimate of drug-likeness (QED) is 0.307. The molecule has 0 saturated carbocycles. The van der Waals surface area contributed by atoms with E-state index in [2.05, 4.69) is 10.6 Å². The Labute approximate surface area is 121 Å². The van der Waals surface area contributed by atoms with E-state index >= 15 is 0 Å². The van der Waals surface area contributed by atoms with Crippen LogP contribution in [0.5, 0.6) is 0 Å². The molecule has 0 aromatic heterocycles. The molecule has 5 atom stereocenters. The topological polar surface area (TPSA) is 148 Å². The van der Waals surface area contributed by atoms with Crippen LogP contribution in [0.4, 0.5) is 0 Å². The summed E-state index contributed by atoms with van der Waals surface area (Å²) in [6.45, 7) is 0.527. The SMILES string of the molecule is CN[C@H]1C=C(C(=O)O)O[C@@H]([C@@H](O)[C@@H](O)CO)[C@@H]1NC(C)=O. The average molecular weight is 304 g/mol. The molecule has 1 heterocycles. The second kappa shape index (κ2) is 7.36. The fourth-order valence-electron chi connectivity index (χ4n) is 2.13. The van der Waals surface area contributed by atoms with Crippen LogP contribution >= 0.6 is 0 Å². The van der Waals surface area contributed by atoms with Gasteiger partial charge in [-0.1, -0.05) is 0 Å². The number of aliphatic carboxylic acids is 1. The second-order valence-electron chi connectivity index (χ2n) is 4.70. The second-order valence-corrected chi connectivity index (χ2v) is 4.70. The smallest absolute Gasteiger partial charge is 0.370 e. The number of carboxylic acids is 1. The molecule has 1 rings (SSSR count). The van der Waals surface area contributed by atoms with E-state index in [-0.39, 0.29) is 0 Å². The van der Waals surface area contributed by atoms with Crippen LogP contribution in [0, 0.1) is 0 Å². The molecule has 0 spiro atoms. The lowest BCUT2D eigenvalue weighted by Gasteiger charge is -2.39. The lowest BCUT2D eigenvalue weighted by molar-refractivity contribution is -0.146. The summed E-state index contributed by atoms with van der Waals surface area (Å²) < 4.78 is 5.16. The molecule has 0 fully saturated rings. The lowest BCUT2D eigenvalue weighted by atomic mass is 9.92. The zero-order valence-corrected chi connectivity index (χ0v) is 11.7. The van der Waals surface area contributed by atoms with Crippen molar-refractivity contribution in [2.75, 3.05) is 13.7 Å². The van der Waals surface area contributed by atoms with Gasteiger partial charge >= 0.3 is 5.97 Å². The zero-order valence-electron chi connectivity index (χ0n) is 11.7. The van der Waals surface area contributed by atoms with Crippen molar-refractivity contribution in [2.45, 2.75) is 37.3 Å². The van der Waals surface area contributed by atoms with Gasteiger partial charge < -0.3 is 35.8 Å². The molecule has 0 radical (unpaired) electrons. The van der Waals surface area contributed by atoms with E-state index in [0.29, 0.717) is 0 Å². The summed E-state index contributed by atoms with van der Waals surface area (Å²) in [6.07, 6.45) is -3.08. The van der Waals surface area contributed by atoms with E-state index in [1.54, 1.807) is 7.05 Å². The maximum absolute atomic E-state index is 11.3. The normalized spacial score (nSPS) is 28.0. The van der Waals surface area contributed by atoms with Crippen LogP contribution in [-0.4, -0.2) is 76.4 Å². The van der Waals surface area contributed by atoms with E-state index in [9.17, 15) is 19.8 Å². The molecule has 0 bridgehead atoms. The van der Waals surface area contributed by atoms with E-state index < -0.39 is 54.6 Å². The zero-order chi connectivity index (χ0) is 16.2. The van der Waals surface area contributed by atoms with Crippen LogP contribution in [0.15, 0.2) is 11.8 Å². The minimum Gasteiger partial charge on any atom is -0.478 e. The Morgan fingerprint density at radius 1 is 1.43 bits per heavy atom. The molecule has 1 amide bonds. The minimum absolute atomic E-state index is 0.410. The number of amides is 1. The molecule has 1 aliphatic rings. The van der Waals surface area contributed by atoms with Crippen LogP contribution in [0.3, 0.4) is 0 Å². The predicted octanol–water partition coefficient (Wildman–Crippen LogP) is -2.84. The Kier molecular flexibility index (Phi) is 6.09.